The minimum atomic E-state index is -1.66. The lowest BCUT2D eigenvalue weighted by atomic mass is 10.1. The highest BCUT2D eigenvalue weighted by atomic mass is 19.1. The van der Waals surface area contributed by atoms with Crippen LogP contribution in [-0.2, 0) is 0 Å². The normalized spacial score (nSPS) is 10.3. The van der Waals surface area contributed by atoms with Gasteiger partial charge in [-0.15, -0.1) is 4.68 Å². The van der Waals surface area contributed by atoms with Crippen LogP contribution in [0.15, 0.2) is 18.5 Å². The van der Waals surface area contributed by atoms with Gasteiger partial charge in [-0.05, 0) is 11.0 Å². The molecule has 12 heteroatoms. The summed E-state index contributed by atoms with van der Waals surface area (Å²) in [5.41, 5.74) is -2.24. The van der Waals surface area contributed by atoms with E-state index in [9.17, 15) is 29.4 Å². The van der Waals surface area contributed by atoms with Crippen LogP contribution < -0.4 is 0 Å². The monoisotopic (exact) mass is 297 g/mol. The van der Waals surface area contributed by atoms with Crippen molar-refractivity contribution in [1.29, 1.82) is 0 Å². The van der Waals surface area contributed by atoms with Crippen molar-refractivity contribution in [2.45, 2.75) is 0 Å². The molecule has 108 valence electrons. The molecule has 0 spiro atoms. The second kappa shape index (κ2) is 4.92. The summed E-state index contributed by atoms with van der Waals surface area (Å²) in [4.78, 5) is 33.3. The van der Waals surface area contributed by atoms with Crippen LogP contribution in [0.4, 0.5) is 16.0 Å². The van der Waals surface area contributed by atoms with Gasteiger partial charge in [0.15, 0.2) is 5.82 Å². The Morgan fingerprint density at radius 1 is 1.29 bits per heavy atom. The maximum Gasteiger partial charge on any atom is 0.491 e. The number of carboxylic acid groups (broad SMARTS) is 1. The minimum Gasteiger partial charge on any atom is -0.477 e. The van der Waals surface area contributed by atoms with Crippen LogP contribution in [0.2, 0.25) is 0 Å². The second-order valence-electron chi connectivity index (χ2n) is 3.63. The minimum absolute atomic E-state index is 0.395. The molecule has 2 rings (SSSR count). The van der Waals surface area contributed by atoms with E-state index in [1.807, 2.05) is 0 Å². The van der Waals surface area contributed by atoms with E-state index in [0.717, 1.165) is 6.33 Å². The molecular formula is C9H4FN5O6. The number of aromatic nitrogens is 3. The maximum atomic E-state index is 13.8. The Morgan fingerprint density at radius 2 is 1.95 bits per heavy atom. The first kappa shape index (κ1) is 14.0. The second-order valence-corrected chi connectivity index (χ2v) is 3.63. The van der Waals surface area contributed by atoms with E-state index in [-0.39, 0.29) is 0 Å². The molecule has 11 nitrogen and oxygen atoms in total. The standard InChI is InChI=1S/C9H4FN5O6/c10-5-2-6(14(18)19)4(8(16)17)1-7(5)13-3-11-9(12-13)15(20)21/h1-3H,(H,16,17). The zero-order valence-corrected chi connectivity index (χ0v) is 9.83. The van der Waals surface area contributed by atoms with Gasteiger partial charge >= 0.3 is 11.9 Å². The van der Waals surface area contributed by atoms with Crippen molar-refractivity contribution in [3.63, 3.8) is 0 Å². The van der Waals surface area contributed by atoms with Gasteiger partial charge in [-0.2, -0.15) is 0 Å². The summed E-state index contributed by atoms with van der Waals surface area (Å²) in [5.74, 6) is -3.66. The number of rotatable bonds is 4. The molecule has 0 atom stereocenters. The molecule has 0 fully saturated rings. The molecule has 2 aromatic rings. The summed E-state index contributed by atoms with van der Waals surface area (Å²) in [7, 11) is 0. The average Bonchev–Trinajstić information content (AvgIpc) is 2.87. The molecule has 0 aliphatic rings. The van der Waals surface area contributed by atoms with Crippen molar-refractivity contribution in [3.8, 4) is 5.69 Å². The van der Waals surface area contributed by atoms with Crippen LogP contribution in [0.5, 0.6) is 0 Å². The van der Waals surface area contributed by atoms with E-state index in [2.05, 4.69) is 10.1 Å². The van der Waals surface area contributed by atoms with E-state index >= 15 is 0 Å². The number of carboxylic acids is 1. The largest absolute Gasteiger partial charge is 0.491 e. The Labute approximate surface area is 113 Å². The van der Waals surface area contributed by atoms with Gasteiger partial charge in [0.05, 0.1) is 11.0 Å². The number of hydrogen-bond donors (Lipinski definition) is 1. The number of nitro benzene ring substituents is 1. The Kier molecular flexibility index (Phi) is 3.27. The molecule has 0 aliphatic heterocycles. The number of nitro groups is 2. The van der Waals surface area contributed by atoms with Crippen molar-refractivity contribution in [3.05, 3.63) is 50.1 Å². The number of aromatic carboxylic acids is 1. The zero-order chi connectivity index (χ0) is 15.7. The molecule has 0 unspecified atom stereocenters. The van der Waals surface area contributed by atoms with Gasteiger partial charge in [-0.3, -0.25) is 10.1 Å². The third-order valence-electron chi connectivity index (χ3n) is 2.38. The highest BCUT2D eigenvalue weighted by Crippen LogP contribution is 2.25. The lowest BCUT2D eigenvalue weighted by Gasteiger charge is -2.02. The topological polar surface area (TPSA) is 154 Å². The molecule has 1 aromatic heterocycles. The summed E-state index contributed by atoms with van der Waals surface area (Å²) < 4.78 is 14.4. The summed E-state index contributed by atoms with van der Waals surface area (Å²) in [6, 6.07) is 1.04. The number of carbonyl (C=O) groups is 1. The quantitative estimate of drug-likeness (QED) is 0.645. The molecule has 0 aliphatic carbocycles. The van der Waals surface area contributed by atoms with Crippen molar-refractivity contribution < 1.29 is 24.1 Å². The molecular weight excluding hydrogens is 293 g/mol. The number of hydrogen-bond acceptors (Lipinski definition) is 7. The summed E-state index contributed by atoms with van der Waals surface area (Å²) >= 11 is 0. The molecule has 1 N–H and O–H groups in total. The fourth-order valence-corrected chi connectivity index (χ4v) is 1.50. The smallest absolute Gasteiger partial charge is 0.477 e. The molecule has 1 heterocycles. The lowest BCUT2D eigenvalue weighted by molar-refractivity contribution is -0.394. The Balaban J connectivity index is 2.63. The van der Waals surface area contributed by atoms with Gasteiger partial charge in [-0.1, -0.05) is 4.98 Å². The third-order valence-corrected chi connectivity index (χ3v) is 2.38. The van der Waals surface area contributed by atoms with Crippen LogP contribution in [0.1, 0.15) is 10.4 Å². The molecule has 21 heavy (non-hydrogen) atoms. The number of benzene rings is 1. The summed E-state index contributed by atoms with van der Waals surface area (Å²) in [6.45, 7) is 0. The summed E-state index contributed by atoms with van der Waals surface area (Å²) in [6.07, 6.45) is 0.786. The first-order chi connectivity index (χ1) is 9.81. The van der Waals surface area contributed by atoms with Crippen LogP contribution in [0, 0.1) is 26.0 Å². The Bertz CT molecular complexity index is 772. The van der Waals surface area contributed by atoms with E-state index in [1.165, 1.54) is 0 Å². The first-order valence-electron chi connectivity index (χ1n) is 5.09. The molecule has 0 saturated heterocycles. The van der Waals surface area contributed by atoms with Gasteiger partial charge in [0, 0.05) is 5.10 Å². The van der Waals surface area contributed by atoms with Crippen LogP contribution in [0.3, 0.4) is 0 Å². The third kappa shape index (κ3) is 2.49. The van der Waals surface area contributed by atoms with Crippen LogP contribution >= 0.6 is 0 Å². The molecule has 0 bridgehead atoms. The number of halogens is 1. The SMILES string of the molecule is O=C(O)c1cc(-n2cnc([N+](=O)[O-])n2)c(F)cc1[N+](=O)[O-]. The lowest BCUT2D eigenvalue weighted by Crippen LogP contribution is -2.07. The zero-order valence-electron chi connectivity index (χ0n) is 9.83. The Hall–Kier alpha value is -3.44. The highest BCUT2D eigenvalue weighted by molar-refractivity contribution is 5.93. The van der Waals surface area contributed by atoms with E-state index in [4.69, 9.17) is 5.11 Å². The first-order valence-corrected chi connectivity index (χ1v) is 5.09. The van der Waals surface area contributed by atoms with E-state index in [1.54, 1.807) is 0 Å². The van der Waals surface area contributed by atoms with E-state index in [0.29, 0.717) is 16.8 Å². The maximum absolute atomic E-state index is 13.8. The predicted octanol–water partition coefficient (Wildman–Crippen LogP) is 0.921. The van der Waals surface area contributed by atoms with Gasteiger partial charge in [0.25, 0.3) is 5.69 Å². The van der Waals surface area contributed by atoms with Crippen molar-refractivity contribution >= 4 is 17.6 Å². The van der Waals surface area contributed by atoms with Crippen LogP contribution in [0.25, 0.3) is 5.69 Å². The van der Waals surface area contributed by atoms with E-state index < -0.39 is 44.5 Å². The highest BCUT2D eigenvalue weighted by Gasteiger charge is 2.26. The van der Waals surface area contributed by atoms with Gasteiger partial charge in [0.1, 0.15) is 11.3 Å². The van der Waals surface area contributed by atoms with Gasteiger partial charge in [-0.25, -0.2) is 9.18 Å². The van der Waals surface area contributed by atoms with Gasteiger partial charge < -0.3 is 15.2 Å². The molecule has 0 saturated carbocycles. The fourth-order valence-electron chi connectivity index (χ4n) is 1.50. The van der Waals surface area contributed by atoms with Crippen molar-refractivity contribution in [1.82, 2.24) is 14.8 Å². The fraction of sp³-hybridized carbons (Fsp3) is 0. The average molecular weight is 297 g/mol. The molecule has 0 amide bonds. The number of nitrogens with zero attached hydrogens (tertiary/aromatic N) is 5. The van der Waals surface area contributed by atoms with Crippen molar-refractivity contribution in [2.75, 3.05) is 0 Å². The molecule has 0 radical (unpaired) electrons. The Morgan fingerprint density at radius 3 is 2.43 bits per heavy atom. The van der Waals surface area contributed by atoms with Crippen molar-refractivity contribution in [2.24, 2.45) is 0 Å². The van der Waals surface area contributed by atoms with Gasteiger partial charge in [0.2, 0.25) is 6.33 Å². The summed E-state index contributed by atoms with van der Waals surface area (Å²) in [5, 5.41) is 33.3. The predicted molar refractivity (Wildman–Crippen MR) is 61.6 cm³/mol. The van der Waals surface area contributed by atoms with Crippen LogP contribution in [-0.4, -0.2) is 35.7 Å². The molecule has 1 aromatic carbocycles.